The molecule has 0 radical (unpaired) electrons. The molecule has 19 heavy (non-hydrogen) atoms. The Morgan fingerprint density at radius 1 is 1.47 bits per heavy atom. The van der Waals surface area contributed by atoms with E-state index >= 15 is 0 Å². The number of rotatable bonds is 4. The lowest BCUT2D eigenvalue weighted by Crippen LogP contribution is -2.40. The number of carboxylic acids is 1. The molecule has 1 fully saturated rings. The molecule has 1 aromatic carbocycles. The molecule has 1 aliphatic rings. The Labute approximate surface area is 126 Å². The standard InChI is InChI=1S/C14H17BrClNO2/c15-11-4-5-13(16)10(7-11)9-17-6-2-1-3-12(17)8-14(18)19/h4-5,7,12H,1-3,6,8-9H2,(H,18,19). The van der Waals surface area contributed by atoms with Crippen molar-refractivity contribution in [1.82, 2.24) is 4.90 Å². The van der Waals surface area contributed by atoms with Crippen molar-refractivity contribution >= 4 is 33.5 Å². The first-order chi connectivity index (χ1) is 9.06. The van der Waals surface area contributed by atoms with Gasteiger partial charge in [0.05, 0.1) is 6.42 Å². The van der Waals surface area contributed by atoms with Gasteiger partial charge in [0, 0.05) is 22.1 Å². The van der Waals surface area contributed by atoms with Crippen LogP contribution in [0.1, 0.15) is 31.2 Å². The van der Waals surface area contributed by atoms with Crippen molar-refractivity contribution < 1.29 is 9.90 Å². The molecule has 0 amide bonds. The largest absolute Gasteiger partial charge is 0.481 e. The molecule has 5 heteroatoms. The molecule has 0 aliphatic carbocycles. The minimum Gasteiger partial charge on any atom is -0.481 e. The highest BCUT2D eigenvalue weighted by Crippen LogP contribution is 2.26. The highest BCUT2D eigenvalue weighted by atomic mass is 79.9. The summed E-state index contributed by atoms with van der Waals surface area (Å²) in [5.74, 6) is -0.725. The fourth-order valence-corrected chi connectivity index (χ4v) is 3.17. The summed E-state index contributed by atoms with van der Waals surface area (Å²) < 4.78 is 0.999. The van der Waals surface area contributed by atoms with Gasteiger partial charge in [-0.05, 0) is 43.1 Å². The molecule has 0 aromatic heterocycles. The van der Waals surface area contributed by atoms with E-state index in [0.29, 0.717) is 0 Å². The molecule has 1 atom stereocenters. The molecule has 1 saturated heterocycles. The smallest absolute Gasteiger partial charge is 0.304 e. The Bertz CT molecular complexity index is 467. The number of halogens is 2. The zero-order valence-corrected chi connectivity index (χ0v) is 13.0. The zero-order chi connectivity index (χ0) is 13.8. The second-order valence-electron chi connectivity index (χ2n) is 4.95. The molecule has 0 saturated carbocycles. The Morgan fingerprint density at radius 3 is 3.00 bits per heavy atom. The van der Waals surface area contributed by atoms with E-state index < -0.39 is 5.97 Å². The number of carboxylic acid groups (broad SMARTS) is 1. The van der Waals surface area contributed by atoms with Crippen molar-refractivity contribution in [3.05, 3.63) is 33.3 Å². The molecule has 1 N–H and O–H groups in total. The number of benzene rings is 1. The van der Waals surface area contributed by atoms with Gasteiger partial charge in [-0.25, -0.2) is 0 Å². The Kier molecular flexibility index (Phi) is 5.25. The summed E-state index contributed by atoms with van der Waals surface area (Å²) in [5, 5.41) is 9.73. The van der Waals surface area contributed by atoms with Crippen LogP contribution in [-0.2, 0) is 11.3 Å². The summed E-state index contributed by atoms with van der Waals surface area (Å²) in [5.41, 5.74) is 1.05. The van der Waals surface area contributed by atoms with Gasteiger partial charge in [0.15, 0.2) is 0 Å². The number of hydrogen-bond acceptors (Lipinski definition) is 2. The third kappa shape index (κ3) is 4.20. The van der Waals surface area contributed by atoms with Crippen molar-refractivity contribution in [1.29, 1.82) is 0 Å². The SMILES string of the molecule is O=C(O)CC1CCCCN1Cc1cc(Br)ccc1Cl. The van der Waals surface area contributed by atoms with E-state index in [1.54, 1.807) is 0 Å². The Balaban J connectivity index is 2.10. The highest BCUT2D eigenvalue weighted by Gasteiger charge is 2.25. The zero-order valence-electron chi connectivity index (χ0n) is 10.6. The first kappa shape index (κ1) is 14.8. The van der Waals surface area contributed by atoms with Crippen LogP contribution in [0.5, 0.6) is 0 Å². The molecule has 0 bridgehead atoms. The molecule has 0 spiro atoms. The van der Waals surface area contributed by atoms with Crippen LogP contribution >= 0.6 is 27.5 Å². The van der Waals surface area contributed by atoms with Crippen molar-refractivity contribution in [2.75, 3.05) is 6.54 Å². The molecule has 1 aliphatic heterocycles. The fourth-order valence-electron chi connectivity index (χ4n) is 2.58. The number of hydrogen-bond donors (Lipinski definition) is 1. The molecular formula is C14H17BrClNO2. The van der Waals surface area contributed by atoms with Crippen LogP contribution in [0.25, 0.3) is 0 Å². The van der Waals surface area contributed by atoms with Gasteiger partial charge in [0.1, 0.15) is 0 Å². The van der Waals surface area contributed by atoms with Gasteiger partial charge in [0.2, 0.25) is 0 Å². The van der Waals surface area contributed by atoms with Crippen molar-refractivity contribution in [3.8, 4) is 0 Å². The number of likely N-dealkylation sites (tertiary alicyclic amines) is 1. The van der Waals surface area contributed by atoms with Crippen LogP contribution in [0, 0.1) is 0 Å². The second-order valence-corrected chi connectivity index (χ2v) is 6.28. The van der Waals surface area contributed by atoms with Crippen LogP contribution < -0.4 is 0 Å². The summed E-state index contributed by atoms with van der Waals surface area (Å²) in [6.07, 6.45) is 3.41. The van der Waals surface area contributed by atoms with E-state index in [2.05, 4.69) is 20.8 Å². The molecule has 3 nitrogen and oxygen atoms in total. The average molecular weight is 347 g/mol. The summed E-state index contributed by atoms with van der Waals surface area (Å²) in [6.45, 7) is 1.66. The van der Waals surface area contributed by atoms with Crippen LogP contribution in [0.4, 0.5) is 0 Å². The topological polar surface area (TPSA) is 40.5 Å². The van der Waals surface area contributed by atoms with Crippen molar-refractivity contribution in [2.45, 2.75) is 38.3 Å². The van der Waals surface area contributed by atoms with Crippen molar-refractivity contribution in [3.63, 3.8) is 0 Å². The highest BCUT2D eigenvalue weighted by molar-refractivity contribution is 9.10. The summed E-state index contributed by atoms with van der Waals surface area (Å²) in [4.78, 5) is 13.2. The maximum Gasteiger partial charge on any atom is 0.304 e. The normalized spacial score (nSPS) is 20.4. The first-order valence-corrected chi connectivity index (χ1v) is 7.63. The lowest BCUT2D eigenvalue weighted by atomic mass is 9.98. The third-order valence-electron chi connectivity index (χ3n) is 3.54. The monoisotopic (exact) mass is 345 g/mol. The Morgan fingerprint density at radius 2 is 2.26 bits per heavy atom. The summed E-state index contributed by atoms with van der Waals surface area (Å²) >= 11 is 9.65. The van der Waals surface area contributed by atoms with Crippen LogP contribution in [0.3, 0.4) is 0 Å². The molecule has 2 rings (SSSR count). The van der Waals surface area contributed by atoms with E-state index in [-0.39, 0.29) is 12.5 Å². The number of piperidine rings is 1. The fraction of sp³-hybridized carbons (Fsp3) is 0.500. The summed E-state index contributed by atoms with van der Waals surface area (Å²) in [6, 6.07) is 5.92. The quantitative estimate of drug-likeness (QED) is 0.898. The van der Waals surface area contributed by atoms with Gasteiger partial charge in [0.25, 0.3) is 0 Å². The average Bonchev–Trinajstić information content (AvgIpc) is 2.35. The third-order valence-corrected chi connectivity index (χ3v) is 4.40. The molecule has 104 valence electrons. The maximum atomic E-state index is 10.9. The van der Waals surface area contributed by atoms with Gasteiger partial charge in [-0.2, -0.15) is 0 Å². The number of aliphatic carboxylic acids is 1. The molecule has 1 heterocycles. The maximum absolute atomic E-state index is 10.9. The minimum absolute atomic E-state index is 0.126. The van der Waals surface area contributed by atoms with Crippen molar-refractivity contribution in [2.24, 2.45) is 0 Å². The van der Waals surface area contributed by atoms with Crippen LogP contribution in [0.2, 0.25) is 5.02 Å². The lowest BCUT2D eigenvalue weighted by molar-refractivity contribution is -0.138. The first-order valence-electron chi connectivity index (χ1n) is 6.46. The predicted octanol–water partition coefficient (Wildman–Crippen LogP) is 3.93. The van der Waals surface area contributed by atoms with E-state index in [4.69, 9.17) is 16.7 Å². The lowest BCUT2D eigenvalue weighted by Gasteiger charge is -2.35. The molecule has 1 unspecified atom stereocenters. The van der Waals surface area contributed by atoms with E-state index in [1.165, 1.54) is 0 Å². The predicted molar refractivity (Wildman–Crippen MR) is 79.5 cm³/mol. The summed E-state index contributed by atoms with van der Waals surface area (Å²) in [7, 11) is 0. The van der Waals surface area contributed by atoms with Gasteiger partial charge in [-0.15, -0.1) is 0 Å². The second kappa shape index (κ2) is 6.73. The molecular weight excluding hydrogens is 330 g/mol. The minimum atomic E-state index is -0.725. The number of carbonyl (C=O) groups is 1. The van der Waals surface area contributed by atoms with Gasteiger partial charge in [-0.3, -0.25) is 9.69 Å². The van der Waals surface area contributed by atoms with Gasteiger partial charge < -0.3 is 5.11 Å². The van der Waals surface area contributed by atoms with Crippen LogP contribution in [-0.4, -0.2) is 28.6 Å². The van der Waals surface area contributed by atoms with E-state index in [0.717, 1.165) is 47.4 Å². The Hall–Kier alpha value is -0.580. The van der Waals surface area contributed by atoms with Gasteiger partial charge in [-0.1, -0.05) is 34.0 Å². The number of nitrogens with zero attached hydrogens (tertiary/aromatic N) is 1. The molecule has 1 aromatic rings. The van der Waals surface area contributed by atoms with Gasteiger partial charge >= 0.3 is 5.97 Å². The van der Waals surface area contributed by atoms with E-state index in [1.807, 2.05) is 18.2 Å². The van der Waals surface area contributed by atoms with E-state index in [9.17, 15) is 4.79 Å². The van der Waals surface area contributed by atoms with Crippen LogP contribution in [0.15, 0.2) is 22.7 Å².